The predicted octanol–water partition coefficient (Wildman–Crippen LogP) is 2.97. The summed E-state index contributed by atoms with van der Waals surface area (Å²) in [5, 5.41) is 0.342. The van der Waals surface area contributed by atoms with Gasteiger partial charge in [0, 0.05) is 30.5 Å². The fourth-order valence-corrected chi connectivity index (χ4v) is 5.89. The van der Waals surface area contributed by atoms with Gasteiger partial charge in [-0.2, -0.15) is 0 Å². The summed E-state index contributed by atoms with van der Waals surface area (Å²) >= 11 is 6.65. The molecule has 0 bridgehead atoms. The molecule has 2 aliphatic heterocycles. The number of ether oxygens (including phenoxy) is 3. The minimum absolute atomic E-state index is 0.0533. The molecule has 0 amide bonds. The highest BCUT2D eigenvalue weighted by Gasteiger charge is 2.49. The Hall–Kier alpha value is -2.92. The number of carbonyl (C=O) groups excluding carboxylic acids is 2. The largest absolute Gasteiger partial charge is 0.462 e. The maximum absolute atomic E-state index is 13.1. The molecule has 2 N–H and O–H groups in total. The molecule has 204 valence electrons. The number of carbonyl (C=O) groups is 2. The molecule has 4 rings (SSSR count). The van der Waals surface area contributed by atoms with Gasteiger partial charge in [0.1, 0.15) is 6.61 Å². The lowest BCUT2D eigenvalue weighted by molar-refractivity contribution is -0.152. The van der Waals surface area contributed by atoms with Gasteiger partial charge in [-0.25, -0.2) is 13.2 Å². The number of aryl methyl sites for hydroxylation is 1. The summed E-state index contributed by atoms with van der Waals surface area (Å²) in [7, 11) is -1.86. The molecule has 2 aromatic rings. The SMILES string of the molecule is COCCOC(=O)CN1CCCC2(C1)OC(=O)C(c1cc(Cl)c(-c3cccc(S(C)(=O)=O)c3)cc1C)=C2N. The van der Waals surface area contributed by atoms with Crippen LogP contribution in [0.5, 0.6) is 0 Å². The molecule has 2 aromatic carbocycles. The van der Waals surface area contributed by atoms with Crippen LogP contribution in [0.4, 0.5) is 0 Å². The maximum atomic E-state index is 13.1. The summed E-state index contributed by atoms with van der Waals surface area (Å²) < 4.78 is 40.0. The molecule has 38 heavy (non-hydrogen) atoms. The molecule has 0 saturated carbocycles. The van der Waals surface area contributed by atoms with E-state index in [-0.39, 0.29) is 36.1 Å². The number of esters is 2. The number of sulfone groups is 1. The van der Waals surface area contributed by atoms with Gasteiger partial charge < -0.3 is 19.9 Å². The first kappa shape index (κ1) is 28.1. The van der Waals surface area contributed by atoms with Crippen LogP contribution >= 0.6 is 11.6 Å². The molecule has 0 aromatic heterocycles. The van der Waals surface area contributed by atoms with E-state index in [0.29, 0.717) is 53.4 Å². The van der Waals surface area contributed by atoms with E-state index in [2.05, 4.69) is 0 Å². The van der Waals surface area contributed by atoms with Gasteiger partial charge in [0.05, 0.1) is 29.3 Å². The van der Waals surface area contributed by atoms with Crippen molar-refractivity contribution in [2.75, 3.05) is 46.2 Å². The average molecular weight is 563 g/mol. The van der Waals surface area contributed by atoms with Crippen LogP contribution in [-0.2, 0) is 33.6 Å². The van der Waals surface area contributed by atoms with Crippen LogP contribution in [0.1, 0.15) is 24.0 Å². The van der Waals surface area contributed by atoms with Gasteiger partial charge in [-0.3, -0.25) is 9.69 Å². The number of methoxy groups -OCH3 is 1. The normalized spacial score (nSPS) is 20.2. The lowest BCUT2D eigenvalue weighted by Gasteiger charge is -2.39. The van der Waals surface area contributed by atoms with Crippen molar-refractivity contribution in [3.05, 3.63) is 58.2 Å². The Morgan fingerprint density at radius 1 is 1.21 bits per heavy atom. The zero-order chi connectivity index (χ0) is 27.7. The summed E-state index contributed by atoms with van der Waals surface area (Å²) in [4.78, 5) is 27.4. The van der Waals surface area contributed by atoms with Gasteiger partial charge >= 0.3 is 11.9 Å². The summed E-state index contributed by atoms with van der Waals surface area (Å²) in [6.07, 6.45) is 2.37. The van der Waals surface area contributed by atoms with E-state index >= 15 is 0 Å². The maximum Gasteiger partial charge on any atom is 0.341 e. The lowest BCUT2D eigenvalue weighted by atomic mass is 9.86. The van der Waals surface area contributed by atoms with Crippen LogP contribution in [0.3, 0.4) is 0 Å². The van der Waals surface area contributed by atoms with E-state index in [1.54, 1.807) is 30.3 Å². The number of rotatable bonds is 8. The fraction of sp³-hybridized carbons (Fsp3) is 0.407. The molecule has 11 heteroatoms. The quantitative estimate of drug-likeness (QED) is 0.382. The van der Waals surface area contributed by atoms with Gasteiger partial charge in [0.15, 0.2) is 15.4 Å². The van der Waals surface area contributed by atoms with E-state index in [1.165, 1.54) is 13.2 Å². The van der Waals surface area contributed by atoms with E-state index in [0.717, 1.165) is 11.8 Å². The molecule has 1 spiro atoms. The van der Waals surface area contributed by atoms with Crippen molar-refractivity contribution in [1.29, 1.82) is 0 Å². The Balaban J connectivity index is 1.63. The number of halogens is 1. The number of nitrogens with two attached hydrogens (primary N) is 1. The van der Waals surface area contributed by atoms with E-state index in [1.807, 2.05) is 11.8 Å². The molecular weight excluding hydrogens is 532 g/mol. The second-order valence-electron chi connectivity index (χ2n) is 9.65. The molecule has 1 saturated heterocycles. The Morgan fingerprint density at radius 3 is 2.68 bits per heavy atom. The number of hydrogen-bond donors (Lipinski definition) is 1. The number of likely N-dealkylation sites (tertiary alicyclic amines) is 1. The molecule has 1 unspecified atom stereocenters. The molecule has 0 radical (unpaired) electrons. The van der Waals surface area contributed by atoms with Gasteiger partial charge in [0.2, 0.25) is 0 Å². The van der Waals surface area contributed by atoms with Gasteiger partial charge in [-0.05, 0) is 67.3 Å². The van der Waals surface area contributed by atoms with E-state index < -0.39 is 21.4 Å². The molecule has 9 nitrogen and oxygen atoms in total. The van der Waals surface area contributed by atoms with Crippen molar-refractivity contribution >= 4 is 38.9 Å². The average Bonchev–Trinajstić information content (AvgIpc) is 3.08. The van der Waals surface area contributed by atoms with Crippen molar-refractivity contribution in [2.45, 2.75) is 30.3 Å². The van der Waals surface area contributed by atoms with Crippen LogP contribution in [-0.4, -0.2) is 77.1 Å². The Kier molecular flexibility index (Phi) is 8.17. The molecular formula is C27H31ClN2O7S. The third-order valence-electron chi connectivity index (χ3n) is 6.85. The first-order valence-corrected chi connectivity index (χ1v) is 14.4. The van der Waals surface area contributed by atoms with Crippen LogP contribution in [0.25, 0.3) is 16.7 Å². The van der Waals surface area contributed by atoms with Crippen LogP contribution in [0.2, 0.25) is 5.02 Å². The van der Waals surface area contributed by atoms with E-state index in [9.17, 15) is 18.0 Å². The fourth-order valence-electron chi connectivity index (χ4n) is 4.96. The summed E-state index contributed by atoms with van der Waals surface area (Å²) in [6.45, 7) is 3.29. The number of hydrogen-bond acceptors (Lipinski definition) is 9. The molecule has 2 aliphatic rings. The van der Waals surface area contributed by atoms with Crippen molar-refractivity contribution in [3.63, 3.8) is 0 Å². The monoisotopic (exact) mass is 562 g/mol. The minimum atomic E-state index is -3.39. The van der Waals surface area contributed by atoms with Gasteiger partial charge in [0.25, 0.3) is 0 Å². The number of nitrogens with zero attached hydrogens (tertiary/aromatic N) is 1. The lowest BCUT2D eigenvalue weighted by Crippen LogP contribution is -2.52. The van der Waals surface area contributed by atoms with Gasteiger partial charge in [-0.15, -0.1) is 0 Å². The smallest absolute Gasteiger partial charge is 0.341 e. The van der Waals surface area contributed by atoms with E-state index in [4.69, 9.17) is 31.5 Å². The van der Waals surface area contributed by atoms with Crippen LogP contribution < -0.4 is 5.73 Å². The topological polar surface area (TPSA) is 125 Å². The Morgan fingerprint density at radius 2 is 1.97 bits per heavy atom. The highest BCUT2D eigenvalue weighted by molar-refractivity contribution is 7.90. The van der Waals surface area contributed by atoms with Crippen molar-refractivity contribution in [2.24, 2.45) is 5.73 Å². The number of piperidine rings is 1. The number of benzene rings is 2. The van der Waals surface area contributed by atoms with Crippen molar-refractivity contribution in [1.82, 2.24) is 4.90 Å². The zero-order valence-corrected chi connectivity index (χ0v) is 23.2. The predicted molar refractivity (Wildman–Crippen MR) is 143 cm³/mol. The highest BCUT2D eigenvalue weighted by Crippen LogP contribution is 2.43. The second-order valence-corrected chi connectivity index (χ2v) is 12.1. The minimum Gasteiger partial charge on any atom is -0.462 e. The molecule has 1 atom stereocenters. The first-order chi connectivity index (χ1) is 17.9. The Bertz CT molecular complexity index is 1410. The molecule has 2 heterocycles. The van der Waals surface area contributed by atoms with Gasteiger partial charge in [-0.1, -0.05) is 23.7 Å². The summed E-state index contributed by atoms with van der Waals surface area (Å²) in [6, 6.07) is 10.0. The molecule has 1 fully saturated rings. The standard InChI is InChI=1S/C27H31ClN2O7S/c1-17-12-21(18-6-4-7-19(13-18)38(3,33)34)22(28)14-20(17)24-25(29)27(37-26(24)32)8-5-9-30(16-27)15-23(31)36-11-10-35-2/h4,6-7,12-14H,5,8-11,15-16,29H2,1-3H3. The van der Waals surface area contributed by atoms with Crippen LogP contribution in [0.15, 0.2) is 47.0 Å². The van der Waals surface area contributed by atoms with Crippen molar-refractivity contribution in [3.8, 4) is 11.1 Å². The zero-order valence-electron chi connectivity index (χ0n) is 21.6. The first-order valence-electron chi connectivity index (χ1n) is 12.2. The summed E-state index contributed by atoms with van der Waals surface area (Å²) in [5.41, 5.74) is 8.68. The summed E-state index contributed by atoms with van der Waals surface area (Å²) in [5.74, 6) is -0.928. The van der Waals surface area contributed by atoms with Crippen LogP contribution in [0, 0.1) is 6.92 Å². The highest BCUT2D eigenvalue weighted by atomic mass is 35.5. The molecule has 0 aliphatic carbocycles. The third kappa shape index (κ3) is 5.73. The van der Waals surface area contributed by atoms with Crippen molar-refractivity contribution < 1.29 is 32.2 Å². The third-order valence-corrected chi connectivity index (χ3v) is 8.27. The second kappa shape index (κ2) is 11.1. The Labute approximate surface area is 227 Å².